The van der Waals surface area contributed by atoms with E-state index in [-0.39, 0.29) is 11.8 Å². The van der Waals surface area contributed by atoms with Gasteiger partial charge in [-0.15, -0.1) is 0 Å². The third kappa shape index (κ3) is 3.05. The summed E-state index contributed by atoms with van der Waals surface area (Å²) in [5.41, 5.74) is 1.36. The lowest BCUT2D eigenvalue weighted by Gasteiger charge is -2.41. The number of piperidine rings is 1. The van der Waals surface area contributed by atoms with E-state index in [1.807, 2.05) is 25.1 Å². The Morgan fingerprint density at radius 1 is 1.53 bits per heavy atom. The van der Waals surface area contributed by atoms with Crippen LogP contribution >= 0.6 is 0 Å². The van der Waals surface area contributed by atoms with E-state index >= 15 is 0 Å². The Hall–Kier alpha value is -2.02. The molecule has 0 radical (unpaired) electrons. The standard InChI is InChI=1S/C15H18N2O2/c1-15(9-14(18)19)7-4-8-17(11-15)13-6-3-2-5-12(13)10-16/h2-3,5-6H,4,7-9,11H2,1H3,(H,18,19). The molecule has 0 aromatic heterocycles. The highest BCUT2D eigenvalue weighted by Crippen LogP contribution is 2.35. The predicted octanol–water partition coefficient (Wildman–Crippen LogP) is 2.64. The number of rotatable bonds is 3. The first-order chi connectivity index (χ1) is 9.04. The van der Waals surface area contributed by atoms with Crippen molar-refractivity contribution in [2.45, 2.75) is 26.2 Å². The van der Waals surface area contributed by atoms with Gasteiger partial charge in [0.2, 0.25) is 0 Å². The Morgan fingerprint density at radius 3 is 2.95 bits per heavy atom. The Kier molecular flexibility index (Phi) is 3.75. The number of hydrogen-bond acceptors (Lipinski definition) is 3. The summed E-state index contributed by atoms with van der Waals surface area (Å²) in [6, 6.07) is 9.71. The number of aliphatic carboxylic acids is 1. The summed E-state index contributed by atoms with van der Waals surface area (Å²) in [4.78, 5) is 13.1. The van der Waals surface area contributed by atoms with Gasteiger partial charge in [-0.05, 0) is 30.4 Å². The molecule has 1 fully saturated rings. The van der Waals surface area contributed by atoms with Crippen molar-refractivity contribution in [3.63, 3.8) is 0 Å². The molecule has 1 aromatic carbocycles. The van der Waals surface area contributed by atoms with Gasteiger partial charge >= 0.3 is 5.97 Å². The van der Waals surface area contributed by atoms with E-state index < -0.39 is 5.97 Å². The van der Waals surface area contributed by atoms with E-state index in [2.05, 4.69) is 11.0 Å². The van der Waals surface area contributed by atoms with Crippen LogP contribution in [0.1, 0.15) is 31.7 Å². The maximum atomic E-state index is 11.0. The molecule has 4 heteroatoms. The van der Waals surface area contributed by atoms with Gasteiger partial charge in [0, 0.05) is 13.1 Å². The molecule has 1 aromatic rings. The molecule has 0 amide bonds. The van der Waals surface area contributed by atoms with Crippen molar-refractivity contribution in [3.05, 3.63) is 29.8 Å². The van der Waals surface area contributed by atoms with Crippen LogP contribution in [0, 0.1) is 16.7 Å². The molecule has 4 nitrogen and oxygen atoms in total. The van der Waals surface area contributed by atoms with E-state index in [4.69, 9.17) is 10.4 Å². The number of anilines is 1. The second kappa shape index (κ2) is 5.31. The third-order valence-electron chi connectivity index (χ3n) is 3.72. The molecule has 100 valence electrons. The largest absolute Gasteiger partial charge is 0.481 e. The molecule has 0 aliphatic carbocycles. The highest BCUT2D eigenvalue weighted by atomic mass is 16.4. The molecule has 1 atom stereocenters. The quantitative estimate of drug-likeness (QED) is 0.905. The maximum absolute atomic E-state index is 11.0. The summed E-state index contributed by atoms with van der Waals surface area (Å²) >= 11 is 0. The van der Waals surface area contributed by atoms with Gasteiger partial charge in [-0.2, -0.15) is 5.26 Å². The highest BCUT2D eigenvalue weighted by molar-refractivity contribution is 5.68. The third-order valence-corrected chi connectivity index (χ3v) is 3.72. The number of nitriles is 1. The van der Waals surface area contributed by atoms with Crippen molar-refractivity contribution in [3.8, 4) is 6.07 Å². The van der Waals surface area contributed by atoms with Crippen molar-refractivity contribution < 1.29 is 9.90 Å². The van der Waals surface area contributed by atoms with Crippen LogP contribution in [0.4, 0.5) is 5.69 Å². The summed E-state index contributed by atoms with van der Waals surface area (Å²) in [5, 5.41) is 18.2. The molecular weight excluding hydrogens is 240 g/mol. The predicted molar refractivity (Wildman–Crippen MR) is 73.0 cm³/mol. The number of carbonyl (C=O) groups is 1. The smallest absolute Gasteiger partial charge is 0.303 e. The minimum Gasteiger partial charge on any atom is -0.481 e. The molecule has 1 unspecified atom stereocenters. The molecule has 19 heavy (non-hydrogen) atoms. The van der Waals surface area contributed by atoms with Crippen LogP contribution in [0.5, 0.6) is 0 Å². The molecule has 1 heterocycles. The van der Waals surface area contributed by atoms with Gasteiger partial charge in [0.25, 0.3) is 0 Å². The van der Waals surface area contributed by atoms with Gasteiger partial charge in [-0.1, -0.05) is 19.1 Å². The normalized spacial score (nSPS) is 22.8. The number of hydrogen-bond donors (Lipinski definition) is 1. The molecule has 0 spiro atoms. The van der Waals surface area contributed by atoms with Crippen molar-refractivity contribution in [1.82, 2.24) is 0 Å². The first-order valence-corrected chi connectivity index (χ1v) is 6.50. The molecule has 1 aliphatic rings. The van der Waals surface area contributed by atoms with E-state index in [1.165, 1.54) is 0 Å². The van der Waals surface area contributed by atoms with Crippen LogP contribution in [0.2, 0.25) is 0 Å². The van der Waals surface area contributed by atoms with Crippen LogP contribution in [0.3, 0.4) is 0 Å². The van der Waals surface area contributed by atoms with Gasteiger partial charge in [0.05, 0.1) is 17.7 Å². The lowest BCUT2D eigenvalue weighted by atomic mass is 9.79. The lowest BCUT2D eigenvalue weighted by molar-refractivity contribution is -0.139. The average Bonchev–Trinajstić information content (AvgIpc) is 2.37. The molecule has 1 saturated heterocycles. The van der Waals surface area contributed by atoms with Crippen molar-refractivity contribution >= 4 is 11.7 Å². The minimum absolute atomic E-state index is 0.179. The first-order valence-electron chi connectivity index (χ1n) is 6.50. The number of para-hydroxylation sites is 1. The monoisotopic (exact) mass is 258 g/mol. The Balaban J connectivity index is 2.22. The highest BCUT2D eigenvalue weighted by Gasteiger charge is 2.33. The van der Waals surface area contributed by atoms with Crippen molar-refractivity contribution in [2.24, 2.45) is 5.41 Å². The topological polar surface area (TPSA) is 64.3 Å². The van der Waals surface area contributed by atoms with E-state index in [0.29, 0.717) is 12.1 Å². The minimum atomic E-state index is -0.752. The second-order valence-corrected chi connectivity index (χ2v) is 5.54. The zero-order chi connectivity index (χ0) is 13.9. The summed E-state index contributed by atoms with van der Waals surface area (Å²) in [7, 11) is 0. The van der Waals surface area contributed by atoms with Crippen LogP contribution in [0.15, 0.2) is 24.3 Å². The van der Waals surface area contributed by atoms with Crippen molar-refractivity contribution in [1.29, 1.82) is 5.26 Å². The lowest BCUT2D eigenvalue weighted by Crippen LogP contribution is -2.43. The Labute approximate surface area is 113 Å². The summed E-state index contributed by atoms with van der Waals surface area (Å²) in [6.07, 6.45) is 2.06. The van der Waals surface area contributed by atoms with Crippen LogP contribution in [-0.2, 0) is 4.79 Å². The summed E-state index contributed by atoms with van der Waals surface area (Å²) in [5.74, 6) is -0.752. The fraction of sp³-hybridized carbons (Fsp3) is 0.467. The molecular formula is C15H18N2O2. The first kappa shape index (κ1) is 13.4. The Morgan fingerprint density at radius 2 is 2.26 bits per heavy atom. The van der Waals surface area contributed by atoms with Crippen LogP contribution in [0.25, 0.3) is 0 Å². The number of benzene rings is 1. The zero-order valence-corrected chi connectivity index (χ0v) is 11.1. The SMILES string of the molecule is CC1(CC(=O)O)CCCN(c2ccccc2C#N)C1. The fourth-order valence-corrected chi connectivity index (χ4v) is 2.87. The number of nitrogens with zero attached hydrogens (tertiary/aromatic N) is 2. The fourth-order valence-electron chi connectivity index (χ4n) is 2.87. The van der Waals surface area contributed by atoms with Crippen LogP contribution in [-0.4, -0.2) is 24.2 Å². The molecule has 1 aliphatic heterocycles. The molecule has 0 saturated carbocycles. The zero-order valence-electron chi connectivity index (χ0n) is 11.1. The van der Waals surface area contributed by atoms with Gasteiger partial charge in [0.1, 0.15) is 6.07 Å². The van der Waals surface area contributed by atoms with E-state index in [1.54, 1.807) is 6.07 Å². The van der Waals surface area contributed by atoms with Gasteiger partial charge < -0.3 is 10.0 Å². The summed E-state index contributed by atoms with van der Waals surface area (Å²) < 4.78 is 0. The van der Waals surface area contributed by atoms with Gasteiger partial charge in [0.15, 0.2) is 0 Å². The Bertz CT molecular complexity index is 521. The molecule has 0 bridgehead atoms. The van der Waals surface area contributed by atoms with Gasteiger partial charge in [-0.3, -0.25) is 4.79 Å². The second-order valence-electron chi connectivity index (χ2n) is 5.54. The summed E-state index contributed by atoms with van der Waals surface area (Å²) in [6.45, 7) is 3.59. The average molecular weight is 258 g/mol. The maximum Gasteiger partial charge on any atom is 0.303 e. The molecule has 1 N–H and O–H groups in total. The number of carboxylic acids is 1. The number of carboxylic acid groups (broad SMARTS) is 1. The van der Waals surface area contributed by atoms with Crippen molar-refractivity contribution in [2.75, 3.05) is 18.0 Å². The van der Waals surface area contributed by atoms with E-state index in [9.17, 15) is 4.79 Å². The van der Waals surface area contributed by atoms with Crippen LogP contribution < -0.4 is 4.90 Å². The molecule has 2 rings (SSSR count). The van der Waals surface area contributed by atoms with Gasteiger partial charge in [-0.25, -0.2) is 0 Å². The van der Waals surface area contributed by atoms with E-state index in [0.717, 1.165) is 25.1 Å².